The lowest BCUT2D eigenvalue weighted by Crippen LogP contribution is -2.50. The number of amides is 2. The summed E-state index contributed by atoms with van der Waals surface area (Å²) < 4.78 is 0. The third kappa shape index (κ3) is 5.32. The van der Waals surface area contributed by atoms with Gasteiger partial charge in [-0.15, -0.1) is 0 Å². The second-order valence-corrected chi connectivity index (χ2v) is 7.38. The Balaban J connectivity index is 1.50. The summed E-state index contributed by atoms with van der Waals surface area (Å²) in [6, 6.07) is 8.14. The molecule has 27 heavy (non-hydrogen) atoms. The van der Waals surface area contributed by atoms with E-state index in [0.29, 0.717) is 52.6 Å². The van der Waals surface area contributed by atoms with E-state index in [1.165, 1.54) is 6.20 Å². The number of pyridine rings is 1. The van der Waals surface area contributed by atoms with Gasteiger partial charge < -0.3 is 10.2 Å². The van der Waals surface area contributed by atoms with Crippen molar-refractivity contribution < 1.29 is 9.59 Å². The number of carbonyl (C=O) groups excluding carboxylic acids is 2. The van der Waals surface area contributed by atoms with Gasteiger partial charge in [-0.1, -0.05) is 34.8 Å². The molecule has 0 bridgehead atoms. The Morgan fingerprint density at radius 1 is 1.00 bits per heavy atom. The zero-order valence-corrected chi connectivity index (χ0v) is 16.6. The molecule has 6 nitrogen and oxygen atoms in total. The molecule has 0 aliphatic carbocycles. The fraction of sp³-hybridized carbons (Fsp3) is 0.278. The predicted molar refractivity (Wildman–Crippen MR) is 107 cm³/mol. The number of nitrogens with zero attached hydrogens (tertiary/aromatic N) is 3. The summed E-state index contributed by atoms with van der Waals surface area (Å²) in [5, 5.41) is 4.06. The molecule has 2 heterocycles. The molecule has 0 spiro atoms. The molecule has 1 saturated heterocycles. The first kappa shape index (κ1) is 19.9. The van der Waals surface area contributed by atoms with E-state index in [1.807, 2.05) is 4.90 Å². The van der Waals surface area contributed by atoms with Gasteiger partial charge in [-0.3, -0.25) is 14.5 Å². The van der Waals surface area contributed by atoms with Crippen molar-refractivity contribution in [3.63, 3.8) is 0 Å². The van der Waals surface area contributed by atoms with Crippen LogP contribution in [0.4, 0.5) is 5.82 Å². The van der Waals surface area contributed by atoms with Crippen LogP contribution < -0.4 is 5.32 Å². The third-order valence-corrected chi connectivity index (χ3v) is 4.95. The van der Waals surface area contributed by atoms with Crippen molar-refractivity contribution in [1.29, 1.82) is 0 Å². The van der Waals surface area contributed by atoms with Crippen molar-refractivity contribution in [2.75, 3.05) is 38.0 Å². The van der Waals surface area contributed by atoms with Crippen molar-refractivity contribution in [1.82, 2.24) is 14.8 Å². The summed E-state index contributed by atoms with van der Waals surface area (Å²) in [6.45, 7) is 2.46. The molecule has 2 aromatic rings. The molecule has 1 N–H and O–H groups in total. The van der Waals surface area contributed by atoms with Crippen molar-refractivity contribution in [3.05, 3.63) is 57.2 Å². The monoisotopic (exact) mass is 426 g/mol. The summed E-state index contributed by atoms with van der Waals surface area (Å²) in [5.74, 6) is 0.159. The zero-order chi connectivity index (χ0) is 19.4. The van der Waals surface area contributed by atoms with Crippen molar-refractivity contribution in [3.8, 4) is 0 Å². The number of piperazine rings is 1. The van der Waals surface area contributed by atoms with E-state index in [2.05, 4.69) is 10.3 Å². The van der Waals surface area contributed by atoms with Gasteiger partial charge in [0.2, 0.25) is 5.91 Å². The van der Waals surface area contributed by atoms with E-state index in [1.54, 1.807) is 35.2 Å². The molecule has 0 radical (unpaired) electrons. The Morgan fingerprint density at radius 2 is 1.70 bits per heavy atom. The molecule has 2 amide bonds. The fourth-order valence-corrected chi connectivity index (χ4v) is 3.38. The summed E-state index contributed by atoms with van der Waals surface area (Å²) in [4.78, 5) is 32.5. The Bertz CT molecular complexity index is 837. The van der Waals surface area contributed by atoms with E-state index in [0.717, 1.165) is 0 Å². The van der Waals surface area contributed by atoms with Gasteiger partial charge in [0.1, 0.15) is 5.82 Å². The Kier molecular flexibility index (Phi) is 6.55. The maximum absolute atomic E-state index is 12.6. The van der Waals surface area contributed by atoms with Gasteiger partial charge in [0.25, 0.3) is 5.91 Å². The normalized spacial score (nSPS) is 14.9. The van der Waals surface area contributed by atoms with Crippen LogP contribution in [0, 0.1) is 0 Å². The van der Waals surface area contributed by atoms with Crippen LogP contribution in [-0.2, 0) is 4.79 Å². The number of nitrogens with one attached hydrogen (secondary N) is 1. The van der Waals surface area contributed by atoms with Gasteiger partial charge in [-0.25, -0.2) is 4.98 Å². The quantitative estimate of drug-likeness (QED) is 0.812. The van der Waals surface area contributed by atoms with E-state index in [9.17, 15) is 9.59 Å². The third-order valence-electron chi connectivity index (χ3n) is 4.18. The van der Waals surface area contributed by atoms with Gasteiger partial charge in [0.15, 0.2) is 0 Å². The Morgan fingerprint density at radius 3 is 2.33 bits per heavy atom. The Labute approximate surface area is 172 Å². The fourth-order valence-electron chi connectivity index (χ4n) is 2.78. The second kappa shape index (κ2) is 8.89. The molecule has 1 aliphatic rings. The van der Waals surface area contributed by atoms with E-state index in [4.69, 9.17) is 34.8 Å². The molecule has 0 atom stereocenters. The highest BCUT2D eigenvalue weighted by Crippen LogP contribution is 2.22. The average Bonchev–Trinajstić information content (AvgIpc) is 2.64. The van der Waals surface area contributed by atoms with E-state index < -0.39 is 0 Å². The smallest absolute Gasteiger partial charge is 0.255 e. The summed E-state index contributed by atoms with van der Waals surface area (Å²) in [6.07, 6.45) is 1.48. The molecule has 142 valence electrons. The number of aromatic nitrogens is 1. The van der Waals surface area contributed by atoms with Crippen LogP contribution in [-0.4, -0.2) is 59.3 Å². The van der Waals surface area contributed by atoms with Gasteiger partial charge >= 0.3 is 0 Å². The zero-order valence-electron chi connectivity index (χ0n) is 14.3. The number of anilines is 1. The average molecular weight is 428 g/mol. The van der Waals surface area contributed by atoms with Crippen LogP contribution in [0.25, 0.3) is 0 Å². The number of halogens is 3. The van der Waals surface area contributed by atoms with Crippen LogP contribution in [0.5, 0.6) is 0 Å². The highest BCUT2D eigenvalue weighted by Gasteiger charge is 2.24. The van der Waals surface area contributed by atoms with Crippen LogP contribution in [0.3, 0.4) is 0 Å². The minimum Gasteiger partial charge on any atom is -0.336 e. The SMILES string of the molecule is O=C(CN1CCN(C(=O)c2ccc(Cl)cc2Cl)CC1)Nc1ccc(Cl)cn1. The van der Waals surface area contributed by atoms with Crippen molar-refractivity contribution >= 4 is 52.4 Å². The lowest BCUT2D eigenvalue weighted by atomic mass is 10.1. The van der Waals surface area contributed by atoms with Crippen LogP contribution in [0.15, 0.2) is 36.5 Å². The van der Waals surface area contributed by atoms with Crippen LogP contribution >= 0.6 is 34.8 Å². The maximum Gasteiger partial charge on any atom is 0.255 e. The lowest BCUT2D eigenvalue weighted by molar-refractivity contribution is -0.117. The summed E-state index contributed by atoms with van der Waals surface area (Å²) in [5.41, 5.74) is 0.432. The van der Waals surface area contributed by atoms with Gasteiger partial charge in [0, 0.05) is 37.4 Å². The first-order valence-electron chi connectivity index (χ1n) is 8.30. The molecule has 0 unspecified atom stereocenters. The van der Waals surface area contributed by atoms with E-state index in [-0.39, 0.29) is 18.4 Å². The number of carbonyl (C=O) groups is 2. The topological polar surface area (TPSA) is 65.5 Å². The molecule has 9 heteroatoms. The van der Waals surface area contributed by atoms with E-state index >= 15 is 0 Å². The minimum atomic E-state index is -0.162. The first-order chi connectivity index (χ1) is 12.9. The summed E-state index contributed by atoms with van der Waals surface area (Å²) in [7, 11) is 0. The number of hydrogen-bond donors (Lipinski definition) is 1. The van der Waals surface area contributed by atoms with Crippen LogP contribution in [0.1, 0.15) is 10.4 Å². The summed E-state index contributed by atoms with van der Waals surface area (Å²) >= 11 is 17.8. The van der Waals surface area contributed by atoms with Gasteiger partial charge in [-0.05, 0) is 30.3 Å². The number of hydrogen-bond acceptors (Lipinski definition) is 4. The molecule has 1 fully saturated rings. The molecule has 1 aromatic carbocycles. The molecule has 1 aliphatic heterocycles. The predicted octanol–water partition coefficient (Wildman–Crippen LogP) is 3.44. The standard InChI is InChI=1S/C18H17Cl3N4O2/c19-12-1-3-14(15(21)9-12)18(27)25-7-5-24(6-8-25)11-17(26)23-16-4-2-13(20)10-22-16/h1-4,9-10H,5-8,11H2,(H,22,23,26). The Hall–Kier alpha value is -1.86. The lowest BCUT2D eigenvalue weighted by Gasteiger charge is -2.34. The minimum absolute atomic E-state index is 0.133. The number of rotatable bonds is 4. The molecular weight excluding hydrogens is 411 g/mol. The molecule has 1 aromatic heterocycles. The van der Waals surface area contributed by atoms with Gasteiger partial charge in [0.05, 0.1) is 22.2 Å². The van der Waals surface area contributed by atoms with Crippen molar-refractivity contribution in [2.24, 2.45) is 0 Å². The first-order valence-corrected chi connectivity index (χ1v) is 9.44. The second-order valence-electron chi connectivity index (χ2n) is 6.10. The maximum atomic E-state index is 12.6. The molecular formula is C18H17Cl3N4O2. The molecule has 0 saturated carbocycles. The highest BCUT2D eigenvalue weighted by molar-refractivity contribution is 6.36. The highest BCUT2D eigenvalue weighted by atomic mass is 35.5. The molecule has 3 rings (SSSR count). The van der Waals surface area contributed by atoms with Gasteiger partial charge in [-0.2, -0.15) is 0 Å². The largest absolute Gasteiger partial charge is 0.336 e. The van der Waals surface area contributed by atoms with Crippen LogP contribution in [0.2, 0.25) is 15.1 Å². The number of benzene rings is 1. The van der Waals surface area contributed by atoms with Crippen molar-refractivity contribution in [2.45, 2.75) is 0 Å².